The third kappa shape index (κ3) is 5.12. The highest BCUT2D eigenvalue weighted by atomic mass is 15.2. The van der Waals surface area contributed by atoms with Gasteiger partial charge in [0.25, 0.3) is 0 Å². The lowest BCUT2D eigenvalue weighted by molar-refractivity contribution is 0.532. The van der Waals surface area contributed by atoms with Crippen LogP contribution in [0.3, 0.4) is 0 Å². The lowest BCUT2D eigenvalue weighted by Gasteiger charge is -2.28. The summed E-state index contributed by atoms with van der Waals surface area (Å²) in [5.74, 6) is 2.51. The molecule has 114 valence electrons. The van der Waals surface area contributed by atoms with Crippen molar-refractivity contribution in [2.75, 3.05) is 18.0 Å². The lowest BCUT2D eigenvalue weighted by Crippen LogP contribution is -2.30. The molecule has 0 atom stereocenters. The first-order chi connectivity index (χ1) is 9.45. The quantitative estimate of drug-likeness (QED) is 0.787. The van der Waals surface area contributed by atoms with E-state index >= 15 is 0 Å². The van der Waals surface area contributed by atoms with E-state index in [0.29, 0.717) is 18.4 Å². The summed E-state index contributed by atoms with van der Waals surface area (Å²) < 4.78 is 0. The Labute approximate surface area is 124 Å². The maximum Gasteiger partial charge on any atom is 0.133 e. The molecule has 1 heterocycles. The van der Waals surface area contributed by atoms with Crippen LogP contribution in [0.4, 0.5) is 5.82 Å². The molecule has 0 bridgehead atoms. The zero-order valence-corrected chi connectivity index (χ0v) is 13.8. The van der Waals surface area contributed by atoms with Crippen LogP contribution in [0.2, 0.25) is 0 Å². The summed E-state index contributed by atoms with van der Waals surface area (Å²) in [6.45, 7) is 13.9. The van der Waals surface area contributed by atoms with Gasteiger partial charge >= 0.3 is 0 Å². The number of anilines is 1. The van der Waals surface area contributed by atoms with Crippen LogP contribution >= 0.6 is 0 Å². The van der Waals surface area contributed by atoms with Crippen molar-refractivity contribution in [1.82, 2.24) is 4.98 Å². The van der Waals surface area contributed by atoms with Crippen LogP contribution in [0.1, 0.15) is 51.7 Å². The van der Waals surface area contributed by atoms with Gasteiger partial charge in [-0.05, 0) is 43.2 Å². The minimum absolute atomic E-state index is 0.564. The molecule has 2 N–H and O–H groups in total. The molecular weight excluding hydrogens is 246 g/mol. The zero-order chi connectivity index (χ0) is 15.1. The molecule has 1 aromatic rings. The minimum Gasteiger partial charge on any atom is -0.356 e. The topological polar surface area (TPSA) is 42.2 Å². The van der Waals surface area contributed by atoms with Gasteiger partial charge in [-0.3, -0.25) is 0 Å². The molecule has 0 aliphatic heterocycles. The van der Waals surface area contributed by atoms with Crippen molar-refractivity contribution >= 4 is 5.82 Å². The van der Waals surface area contributed by atoms with Crippen LogP contribution in [0.15, 0.2) is 12.3 Å². The van der Waals surface area contributed by atoms with Gasteiger partial charge in [0, 0.05) is 31.4 Å². The SMILES string of the molecule is Cc1ccnc(N(CCC(C)C)CCC(C)C)c1CN. The molecule has 0 saturated carbocycles. The molecule has 0 aliphatic carbocycles. The van der Waals surface area contributed by atoms with E-state index < -0.39 is 0 Å². The molecule has 3 heteroatoms. The number of aryl methyl sites for hydroxylation is 1. The van der Waals surface area contributed by atoms with Gasteiger partial charge in [0.2, 0.25) is 0 Å². The number of nitrogens with two attached hydrogens (primary N) is 1. The van der Waals surface area contributed by atoms with Gasteiger partial charge in [0.15, 0.2) is 0 Å². The van der Waals surface area contributed by atoms with E-state index in [1.165, 1.54) is 24.0 Å². The van der Waals surface area contributed by atoms with Crippen molar-refractivity contribution in [1.29, 1.82) is 0 Å². The smallest absolute Gasteiger partial charge is 0.133 e. The highest BCUT2D eigenvalue weighted by Gasteiger charge is 2.14. The molecule has 0 spiro atoms. The molecule has 0 aromatic carbocycles. The molecule has 0 unspecified atom stereocenters. The fraction of sp³-hybridized carbons (Fsp3) is 0.706. The van der Waals surface area contributed by atoms with Gasteiger partial charge in [0.1, 0.15) is 5.82 Å². The average molecular weight is 277 g/mol. The molecule has 0 aliphatic rings. The second-order valence-electron chi connectivity index (χ2n) is 6.49. The largest absolute Gasteiger partial charge is 0.356 e. The Morgan fingerprint density at radius 2 is 1.65 bits per heavy atom. The Morgan fingerprint density at radius 1 is 1.10 bits per heavy atom. The number of hydrogen-bond acceptors (Lipinski definition) is 3. The van der Waals surface area contributed by atoms with E-state index in [9.17, 15) is 0 Å². The molecule has 0 radical (unpaired) electrons. The van der Waals surface area contributed by atoms with Crippen LogP contribution in [-0.4, -0.2) is 18.1 Å². The molecule has 0 saturated heterocycles. The van der Waals surface area contributed by atoms with Crippen molar-refractivity contribution < 1.29 is 0 Å². The van der Waals surface area contributed by atoms with Gasteiger partial charge in [-0.1, -0.05) is 27.7 Å². The standard InChI is InChI=1S/C17H31N3/c1-13(2)7-10-20(11-8-14(3)4)17-16(12-18)15(5)6-9-19-17/h6,9,13-14H,7-8,10-12,18H2,1-5H3. The van der Waals surface area contributed by atoms with Crippen LogP contribution in [0, 0.1) is 18.8 Å². The lowest BCUT2D eigenvalue weighted by atomic mass is 10.1. The number of aromatic nitrogens is 1. The summed E-state index contributed by atoms with van der Waals surface area (Å²) >= 11 is 0. The summed E-state index contributed by atoms with van der Waals surface area (Å²) in [7, 11) is 0. The third-order valence-electron chi connectivity index (χ3n) is 3.72. The first-order valence-electron chi connectivity index (χ1n) is 7.85. The van der Waals surface area contributed by atoms with E-state index in [1.54, 1.807) is 0 Å². The predicted molar refractivity (Wildman–Crippen MR) is 88.0 cm³/mol. The maximum absolute atomic E-state index is 5.93. The number of nitrogens with zero attached hydrogens (tertiary/aromatic N) is 2. The van der Waals surface area contributed by atoms with E-state index in [2.05, 4.69) is 50.6 Å². The van der Waals surface area contributed by atoms with Gasteiger partial charge < -0.3 is 10.6 Å². The predicted octanol–water partition coefficient (Wildman–Crippen LogP) is 3.75. The van der Waals surface area contributed by atoms with Crippen molar-refractivity contribution in [3.05, 3.63) is 23.4 Å². The summed E-state index contributed by atoms with van der Waals surface area (Å²) in [5.41, 5.74) is 8.38. The van der Waals surface area contributed by atoms with E-state index in [1.807, 2.05) is 6.20 Å². The summed E-state index contributed by atoms with van der Waals surface area (Å²) in [6, 6.07) is 2.05. The molecule has 1 aromatic heterocycles. The molecule has 0 amide bonds. The normalized spacial score (nSPS) is 11.4. The first-order valence-corrected chi connectivity index (χ1v) is 7.85. The zero-order valence-electron chi connectivity index (χ0n) is 13.8. The van der Waals surface area contributed by atoms with Crippen LogP contribution in [-0.2, 0) is 6.54 Å². The Kier molecular flexibility index (Phi) is 7.00. The van der Waals surface area contributed by atoms with Crippen molar-refractivity contribution in [3.63, 3.8) is 0 Å². The van der Waals surface area contributed by atoms with E-state index in [4.69, 9.17) is 5.73 Å². The monoisotopic (exact) mass is 277 g/mol. The molecular formula is C17H31N3. The fourth-order valence-corrected chi connectivity index (χ4v) is 2.25. The van der Waals surface area contributed by atoms with Gasteiger partial charge in [0.05, 0.1) is 0 Å². The van der Waals surface area contributed by atoms with Gasteiger partial charge in [-0.2, -0.15) is 0 Å². The Hall–Kier alpha value is -1.09. The van der Waals surface area contributed by atoms with Crippen molar-refractivity contribution in [2.24, 2.45) is 17.6 Å². The Morgan fingerprint density at radius 3 is 2.10 bits per heavy atom. The highest BCUT2D eigenvalue weighted by molar-refractivity contribution is 5.50. The van der Waals surface area contributed by atoms with Crippen LogP contribution in [0.25, 0.3) is 0 Å². The van der Waals surface area contributed by atoms with Gasteiger partial charge in [-0.25, -0.2) is 4.98 Å². The number of hydrogen-bond donors (Lipinski definition) is 1. The van der Waals surface area contributed by atoms with Gasteiger partial charge in [-0.15, -0.1) is 0 Å². The second-order valence-corrected chi connectivity index (χ2v) is 6.49. The first kappa shape index (κ1) is 17.0. The minimum atomic E-state index is 0.564. The summed E-state index contributed by atoms with van der Waals surface area (Å²) in [5, 5.41) is 0. The molecule has 1 rings (SSSR count). The third-order valence-corrected chi connectivity index (χ3v) is 3.72. The molecule has 3 nitrogen and oxygen atoms in total. The number of pyridine rings is 1. The second kappa shape index (κ2) is 8.25. The van der Waals surface area contributed by atoms with Crippen molar-refractivity contribution in [3.8, 4) is 0 Å². The van der Waals surface area contributed by atoms with Crippen molar-refractivity contribution in [2.45, 2.75) is 54.0 Å². The molecule has 0 fully saturated rings. The van der Waals surface area contributed by atoms with E-state index in [-0.39, 0.29) is 0 Å². The maximum atomic E-state index is 5.93. The Balaban J connectivity index is 2.93. The summed E-state index contributed by atoms with van der Waals surface area (Å²) in [6.07, 6.45) is 4.29. The van der Waals surface area contributed by atoms with E-state index in [0.717, 1.165) is 18.9 Å². The average Bonchev–Trinajstić information content (AvgIpc) is 2.38. The number of rotatable bonds is 8. The highest BCUT2D eigenvalue weighted by Crippen LogP contribution is 2.22. The Bertz CT molecular complexity index is 387. The summed E-state index contributed by atoms with van der Waals surface area (Å²) in [4.78, 5) is 7.04. The molecule has 20 heavy (non-hydrogen) atoms. The fourth-order valence-electron chi connectivity index (χ4n) is 2.25. The van der Waals surface area contributed by atoms with Crippen LogP contribution < -0.4 is 10.6 Å². The van der Waals surface area contributed by atoms with Crippen LogP contribution in [0.5, 0.6) is 0 Å².